The molecule has 1 N–H and O–H groups in total. The van der Waals surface area contributed by atoms with Gasteiger partial charge < -0.3 is 4.52 Å². The second-order valence-corrected chi connectivity index (χ2v) is 6.76. The first-order valence-electron chi connectivity index (χ1n) is 5.62. The van der Waals surface area contributed by atoms with E-state index in [1.165, 1.54) is 6.07 Å². The molecule has 0 aliphatic rings. The van der Waals surface area contributed by atoms with Gasteiger partial charge in [-0.25, -0.2) is 13.1 Å². The van der Waals surface area contributed by atoms with Gasteiger partial charge in [0.05, 0.1) is 10.6 Å². The molecule has 0 aliphatic heterocycles. The van der Waals surface area contributed by atoms with Crippen LogP contribution in [0.4, 0.5) is 11.6 Å². The average Bonchev–Trinajstić information content (AvgIpc) is 2.70. The van der Waals surface area contributed by atoms with Gasteiger partial charge in [0.15, 0.2) is 4.90 Å². The number of nitro benzene ring substituents is 1. The van der Waals surface area contributed by atoms with Crippen molar-refractivity contribution in [3.8, 4) is 0 Å². The predicted octanol–water partition coefficient (Wildman–Crippen LogP) is 2.76. The van der Waals surface area contributed by atoms with Crippen LogP contribution in [0.1, 0.15) is 11.3 Å². The molecule has 10 heteroatoms. The summed E-state index contributed by atoms with van der Waals surface area (Å²) < 4.78 is 32.1. The quantitative estimate of drug-likeness (QED) is 0.648. The number of aromatic nitrogens is 1. The third-order valence-electron chi connectivity index (χ3n) is 2.79. The molecule has 112 valence electrons. The first-order valence-corrected chi connectivity index (χ1v) is 7.89. The zero-order valence-corrected chi connectivity index (χ0v) is 13.4. The lowest BCUT2D eigenvalue weighted by atomic mass is 10.3. The van der Waals surface area contributed by atoms with Crippen molar-refractivity contribution < 1.29 is 17.9 Å². The van der Waals surface area contributed by atoms with Gasteiger partial charge in [-0.15, -0.1) is 0 Å². The van der Waals surface area contributed by atoms with E-state index < -0.39 is 25.5 Å². The highest BCUT2D eigenvalue weighted by Gasteiger charge is 2.28. The first kappa shape index (κ1) is 15.4. The molecule has 0 saturated heterocycles. The normalized spacial score (nSPS) is 11.4. The summed E-state index contributed by atoms with van der Waals surface area (Å²) in [7, 11) is -4.18. The number of nitrogens with zero attached hydrogens (tertiary/aromatic N) is 2. The molecular formula is C11H10BrN3O5S. The molecule has 21 heavy (non-hydrogen) atoms. The van der Waals surface area contributed by atoms with E-state index in [2.05, 4.69) is 25.8 Å². The Morgan fingerprint density at radius 3 is 2.57 bits per heavy atom. The van der Waals surface area contributed by atoms with E-state index in [1.54, 1.807) is 13.8 Å². The molecule has 1 aromatic heterocycles. The monoisotopic (exact) mass is 375 g/mol. The van der Waals surface area contributed by atoms with Gasteiger partial charge in [-0.1, -0.05) is 21.1 Å². The fourth-order valence-electron chi connectivity index (χ4n) is 1.54. The molecule has 0 saturated carbocycles. The minimum absolute atomic E-state index is 0.0678. The number of hydrogen-bond acceptors (Lipinski definition) is 6. The van der Waals surface area contributed by atoms with Crippen molar-refractivity contribution in [1.29, 1.82) is 0 Å². The van der Waals surface area contributed by atoms with Crippen LogP contribution in [0.3, 0.4) is 0 Å². The van der Waals surface area contributed by atoms with Crippen LogP contribution in [0.5, 0.6) is 0 Å². The van der Waals surface area contributed by atoms with Crippen LogP contribution in [0, 0.1) is 24.0 Å². The fraction of sp³-hybridized carbons (Fsp3) is 0.182. The number of rotatable bonds is 4. The van der Waals surface area contributed by atoms with Crippen LogP contribution >= 0.6 is 15.9 Å². The fourth-order valence-corrected chi connectivity index (χ4v) is 3.30. The summed E-state index contributed by atoms with van der Waals surface area (Å²) in [6.07, 6.45) is 0. The molecule has 0 fully saturated rings. The van der Waals surface area contributed by atoms with Gasteiger partial charge in [-0.05, 0) is 26.0 Å². The summed E-state index contributed by atoms with van der Waals surface area (Å²) in [5.41, 5.74) is 0.507. The maximum absolute atomic E-state index is 12.3. The summed E-state index contributed by atoms with van der Waals surface area (Å²) in [6.45, 7) is 3.27. The molecule has 0 amide bonds. The maximum atomic E-state index is 12.3. The molecule has 1 aromatic carbocycles. The Hall–Kier alpha value is -1.94. The van der Waals surface area contributed by atoms with Crippen molar-refractivity contribution in [3.05, 3.63) is 44.0 Å². The maximum Gasteiger partial charge on any atom is 0.289 e. The van der Waals surface area contributed by atoms with Crippen LogP contribution in [0.2, 0.25) is 0 Å². The smallest absolute Gasteiger partial charge is 0.289 e. The van der Waals surface area contributed by atoms with Gasteiger partial charge in [0.2, 0.25) is 5.88 Å². The minimum Gasteiger partial charge on any atom is -0.337 e. The number of hydrogen-bond donors (Lipinski definition) is 1. The third-order valence-corrected chi connectivity index (χ3v) is 4.65. The van der Waals surface area contributed by atoms with E-state index in [4.69, 9.17) is 4.52 Å². The van der Waals surface area contributed by atoms with Gasteiger partial charge in [-0.3, -0.25) is 10.1 Å². The van der Waals surface area contributed by atoms with E-state index >= 15 is 0 Å². The molecule has 0 spiro atoms. The van der Waals surface area contributed by atoms with Gasteiger partial charge in [0.25, 0.3) is 15.7 Å². The van der Waals surface area contributed by atoms with Gasteiger partial charge in [0, 0.05) is 16.1 Å². The Morgan fingerprint density at radius 1 is 1.38 bits per heavy atom. The zero-order valence-electron chi connectivity index (χ0n) is 11.0. The highest BCUT2D eigenvalue weighted by molar-refractivity contribution is 9.10. The second-order valence-electron chi connectivity index (χ2n) is 4.20. The van der Waals surface area contributed by atoms with Crippen molar-refractivity contribution in [2.75, 3.05) is 4.72 Å². The van der Waals surface area contributed by atoms with E-state index in [9.17, 15) is 18.5 Å². The van der Waals surface area contributed by atoms with Crippen molar-refractivity contribution in [2.24, 2.45) is 0 Å². The molecular weight excluding hydrogens is 366 g/mol. The summed E-state index contributed by atoms with van der Waals surface area (Å²) in [6, 6.07) is 3.65. The number of nitrogens with one attached hydrogen (secondary N) is 1. The summed E-state index contributed by atoms with van der Waals surface area (Å²) in [5.74, 6) is -0.0678. The minimum atomic E-state index is -4.18. The zero-order chi connectivity index (χ0) is 15.8. The molecule has 0 aliphatic carbocycles. The first-order chi connectivity index (χ1) is 9.72. The second kappa shape index (κ2) is 5.45. The Morgan fingerprint density at radius 2 is 2.05 bits per heavy atom. The van der Waals surface area contributed by atoms with Gasteiger partial charge in [-0.2, -0.15) is 0 Å². The molecule has 0 atom stereocenters. The third kappa shape index (κ3) is 3.05. The lowest BCUT2D eigenvalue weighted by molar-refractivity contribution is -0.387. The molecule has 0 radical (unpaired) electrons. The summed E-state index contributed by atoms with van der Waals surface area (Å²) in [5, 5.41) is 14.6. The van der Waals surface area contributed by atoms with Crippen LogP contribution in [0.15, 0.2) is 32.1 Å². The molecule has 2 aromatic rings. The molecule has 8 nitrogen and oxygen atoms in total. The molecule has 2 rings (SSSR count). The summed E-state index contributed by atoms with van der Waals surface area (Å²) in [4.78, 5) is 9.74. The number of halogens is 1. The SMILES string of the molecule is Cc1noc(NS(=O)(=O)c2cc(Br)ccc2[N+](=O)[O-])c1C. The molecule has 1 heterocycles. The number of benzene rings is 1. The Bertz CT molecular complexity index is 815. The van der Waals surface area contributed by atoms with Crippen LogP contribution in [0.25, 0.3) is 0 Å². The van der Waals surface area contributed by atoms with Crippen LogP contribution in [-0.4, -0.2) is 18.5 Å². The van der Waals surface area contributed by atoms with Crippen molar-refractivity contribution in [1.82, 2.24) is 5.16 Å². The average molecular weight is 376 g/mol. The lowest BCUT2D eigenvalue weighted by Gasteiger charge is -2.06. The topological polar surface area (TPSA) is 115 Å². The van der Waals surface area contributed by atoms with E-state index in [0.29, 0.717) is 15.7 Å². The Balaban J connectivity index is 2.52. The van der Waals surface area contributed by atoms with Crippen molar-refractivity contribution in [2.45, 2.75) is 18.7 Å². The van der Waals surface area contributed by atoms with Gasteiger partial charge in [0.1, 0.15) is 0 Å². The van der Waals surface area contributed by atoms with E-state index in [0.717, 1.165) is 12.1 Å². The van der Waals surface area contributed by atoms with Crippen LogP contribution < -0.4 is 4.72 Å². The number of sulfonamides is 1. The lowest BCUT2D eigenvalue weighted by Crippen LogP contribution is -2.15. The Kier molecular flexibility index (Phi) is 4.01. The van der Waals surface area contributed by atoms with Gasteiger partial charge >= 0.3 is 0 Å². The standard InChI is InChI=1S/C11H10BrN3O5S/c1-6-7(2)13-20-11(6)14-21(18,19)10-5-8(12)3-4-9(10)15(16)17/h3-5,14H,1-2H3. The summed E-state index contributed by atoms with van der Waals surface area (Å²) >= 11 is 3.09. The van der Waals surface area contributed by atoms with Crippen molar-refractivity contribution in [3.63, 3.8) is 0 Å². The largest absolute Gasteiger partial charge is 0.337 e. The highest BCUT2D eigenvalue weighted by Crippen LogP contribution is 2.29. The number of anilines is 1. The Labute approximate surface area is 128 Å². The predicted molar refractivity (Wildman–Crippen MR) is 77.6 cm³/mol. The van der Waals surface area contributed by atoms with E-state index in [-0.39, 0.29) is 5.88 Å². The highest BCUT2D eigenvalue weighted by atomic mass is 79.9. The molecule has 0 bridgehead atoms. The van der Waals surface area contributed by atoms with Crippen molar-refractivity contribution >= 4 is 37.5 Å². The van der Waals surface area contributed by atoms with Crippen LogP contribution in [-0.2, 0) is 10.0 Å². The van der Waals surface area contributed by atoms with E-state index in [1.807, 2.05) is 0 Å². The number of aryl methyl sites for hydroxylation is 1. The number of nitro groups is 1. The molecule has 0 unspecified atom stereocenters.